The Morgan fingerprint density at radius 1 is 1.19 bits per heavy atom. The van der Waals surface area contributed by atoms with Crippen LogP contribution in [-0.4, -0.2) is 55.0 Å². The van der Waals surface area contributed by atoms with Gasteiger partial charge in [-0.15, -0.1) is 0 Å². The summed E-state index contributed by atoms with van der Waals surface area (Å²) >= 11 is -0.796. The molecule has 1 aromatic carbocycles. The topological polar surface area (TPSA) is 70.4 Å². The molecule has 0 amide bonds. The zero-order chi connectivity index (χ0) is 18.7. The van der Waals surface area contributed by atoms with E-state index in [1.54, 1.807) is 27.6 Å². The van der Waals surface area contributed by atoms with E-state index < -0.39 is 11.2 Å². The van der Waals surface area contributed by atoms with Crippen LogP contribution in [0.15, 0.2) is 34.9 Å². The molecule has 2 heterocycles. The Balaban J connectivity index is 2.08. The fraction of sp³-hybridized carbons (Fsp3) is 0.444. The highest BCUT2D eigenvalue weighted by molar-refractivity contribution is 7.91. The highest BCUT2D eigenvalue weighted by Crippen LogP contribution is 2.43. The molecule has 1 aromatic heterocycles. The smallest absolute Gasteiger partial charge is 0.214 e. The average Bonchev–Trinajstić information content (AvgIpc) is 3.17. The highest BCUT2D eigenvalue weighted by Gasteiger charge is 2.34. The molecule has 0 saturated carbocycles. The summed E-state index contributed by atoms with van der Waals surface area (Å²) in [4.78, 5) is 0. The number of hydrogen-bond acceptors (Lipinski definition) is 7. The summed E-state index contributed by atoms with van der Waals surface area (Å²) in [5, 5.41) is 4.13. The van der Waals surface area contributed by atoms with Crippen molar-refractivity contribution in [1.29, 1.82) is 0 Å². The van der Waals surface area contributed by atoms with E-state index in [1.807, 2.05) is 29.3 Å². The lowest BCUT2D eigenvalue weighted by Gasteiger charge is -2.41. The molecule has 1 aliphatic rings. The van der Waals surface area contributed by atoms with E-state index in [1.165, 1.54) is 0 Å². The van der Waals surface area contributed by atoms with Gasteiger partial charge in [0.1, 0.15) is 11.5 Å². The van der Waals surface area contributed by atoms with Gasteiger partial charge in [-0.25, -0.2) is 10.0 Å². The van der Waals surface area contributed by atoms with E-state index in [-0.39, 0.29) is 6.04 Å². The standard InChI is InChI=1S/C18H24N2O5S/c1-13-12-26(21)9-7-19(13)20(17-6-5-8-25-17)14-10-15(22-2)18(24-4)16(11-14)23-3/h5-6,8,10-11,13H,7,9,12H2,1-4H3. The third-order valence-corrected chi connectivity index (χ3v) is 5.84. The fourth-order valence-electron chi connectivity index (χ4n) is 3.13. The second-order valence-corrected chi connectivity index (χ2v) is 7.59. The third kappa shape index (κ3) is 3.58. The molecule has 1 aliphatic heterocycles. The van der Waals surface area contributed by atoms with Crippen LogP contribution < -0.4 is 19.2 Å². The molecule has 0 bridgehead atoms. The summed E-state index contributed by atoms with van der Waals surface area (Å²) in [5.41, 5.74) is 0.814. The van der Waals surface area contributed by atoms with Crippen LogP contribution in [0, 0.1) is 0 Å². The zero-order valence-electron chi connectivity index (χ0n) is 15.4. The number of methoxy groups -OCH3 is 3. The van der Waals surface area contributed by atoms with E-state index in [0.29, 0.717) is 41.2 Å². The van der Waals surface area contributed by atoms with Crippen LogP contribution in [0.25, 0.3) is 0 Å². The Bertz CT molecular complexity index is 699. The summed E-state index contributed by atoms with van der Waals surface area (Å²) in [6, 6.07) is 7.58. The van der Waals surface area contributed by atoms with Gasteiger partial charge in [0.25, 0.3) is 0 Å². The van der Waals surface area contributed by atoms with Gasteiger partial charge in [0.2, 0.25) is 11.6 Å². The molecular weight excluding hydrogens is 356 g/mol. The number of rotatable bonds is 6. The lowest BCUT2D eigenvalue weighted by molar-refractivity contribution is 0.218. The predicted octanol–water partition coefficient (Wildman–Crippen LogP) is 2.81. The number of hydrazine groups is 1. The van der Waals surface area contributed by atoms with Gasteiger partial charge in [0.15, 0.2) is 11.5 Å². The van der Waals surface area contributed by atoms with Gasteiger partial charge in [-0.05, 0) is 13.0 Å². The Morgan fingerprint density at radius 3 is 2.38 bits per heavy atom. The maximum absolute atomic E-state index is 11.9. The number of benzene rings is 1. The molecule has 2 atom stereocenters. The van der Waals surface area contributed by atoms with Gasteiger partial charge in [-0.3, -0.25) is 0 Å². The first-order valence-electron chi connectivity index (χ1n) is 8.34. The summed E-state index contributed by atoms with van der Waals surface area (Å²) in [6.45, 7) is 2.72. The van der Waals surface area contributed by atoms with Crippen molar-refractivity contribution < 1.29 is 23.2 Å². The van der Waals surface area contributed by atoms with Crippen molar-refractivity contribution in [2.75, 3.05) is 44.4 Å². The van der Waals surface area contributed by atoms with Crippen molar-refractivity contribution in [2.24, 2.45) is 0 Å². The predicted molar refractivity (Wildman–Crippen MR) is 101 cm³/mol. The van der Waals surface area contributed by atoms with Crippen LogP contribution >= 0.6 is 0 Å². The van der Waals surface area contributed by atoms with Crippen molar-refractivity contribution in [2.45, 2.75) is 13.0 Å². The molecule has 142 valence electrons. The average molecular weight is 380 g/mol. The molecule has 2 aromatic rings. The summed E-state index contributed by atoms with van der Waals surface area (Å²) in [7, 11) is 4.75. The molecule has 0 radical (unpaired) electrons. The second kappa shape index (κ2) is 8.11. The normalized spacial score (nSPS) is 20.7. The monoisotopic (exact) mass is 380 g/mol. The number of anilines is 2. The Labute approximate surface area is 156 Å². The molecular formula is C18H24N2O5S. The van der Waals surface area contributed by atoms with Crippen molar-refractivity contribution in [3.8, 4) is 17.2 Å². The van der Waals surface area contributed by atoms with Gasteiger partial charge < -0.3 is 23.2 Å². The molecule has 8 heteroatoms. The molecule has 0 aliphatic carbocycles. The van der Waals surface area contributed by atoms with Crippen LogP contribution in [0.2, 0.25) is 0 Å². The third-order valence-electron chi connectivity index (χ3n) is 4.35. The Hall–Kier alpha value is -2.03. The first-order chi connectivity index (χ1) is 12.6. The lowest BCUT2D eigenvalue weighted by Crippen LogP contribution is -2.54. The minimum atomic E-state index is -0.796. The molecule has 1 saturated heterocycles. The van der Waals surface area contributed by atoms with Gasteiger partial charge in [-0.2, -0.15) is 0 Å². The number of nitrogens with zero attached hydrogens (tertiary/aromatic N) is 2. The molecule has 0 N–H and O–H groups in total. The van der Waals surface area contributed by atoms with Crippen molar-refractivity contribution in [3.63, 3.8) is 0 Å². The van der Waals surface area contributed by atoms with Crippen LogP contribution in [0.3, 0.4) is 0 Å². The number of ether oxygens (including phenoxy) is 3. The van der Waals surface area contributed by atoms with E-state index in [2.05, 4.69) is 11.9 Å². The summed E-state index contributed by atoms with van der Waals surface area (Å²) < 4.78 is 34.0. The van der Waals surface area contributed by atoms with E-state index in [0.717, 1.165) is 5.69 Å². The Morgan fingerprint density at radius 2 is 1.88 bits per heavy atom. The van der Waals surface area contributed by atoms with Crippen molar-refractivity contribution in [1.82, 2.24) is 5.01 Å². The maximum atomic E-state index is 11.9. The van der Waals surface area contributed by atoms with Gasteiger partial charge in [-0.1, -0.05) is 11.2 Å². The SMILES string of the molecule is COc1cc(N(c2ccco2)N2CC[S+]([O-])CC2C)cc(OC)c1OC. The molecule has 7 nitrogen and oxygen atoms in total. The first kappa shape index (κ1) is 18.8. The van der Waals surface area contributed by atoms with Crippen molar-refractivity contribution in [3.05, 3.63) is 30.5 Å². The molecule has 1 fully saturated rings. The first-order valence-corrected chi connectivity index (χ1v) is 9.83. The molecule has 26 heavy (non-hydrogen) atoms. The second-order valence-electron chi connectivity index (χ2n) is 5.97. The van der Waals surface area contributed by atoms with Crippen LogP contribution in [-0.2, 0) is 11.2 Å². The zero-order valence-corrected chi connectivity index (χ0v) is 16.2. The van der Waals surface area contributed by atoms with E-state index in [9.17, 15) is 4.55 Å². The quantitative estimate of drug-likeness (QED) is 0.714. The van der Waals surface area contributed by atoms with Crippen LogP contribution in [0.1, 0.15) is 6.92 Å². The molecule has 3 rings (SSSR count). The van der Waals surface area contributed by atoms with E-state index >= 15 is 0 Å². The summed E-state index contributed by atoms with van der Waals surface area (Å²) in [5.74, 6) is 3.55. The van der Waals surface area contributed by atoms with Gasteiger partial charge in [0.05, 0.1) is 45.9 Å². The minimum absolute atomic E-state index is 0.0915. The van der Waals surface area contributed by atoms with Crippen LogP contribution in [0.5, 0.6) is 17.2 Å². The summed E-state index contributed by atoms with van der Waals surface area (Å²) in [6.07, 6.45) is 1.63. The minimum Gasteiger partial charge on any atom is -0.616 e. The molecule has 0 spiro atoms. The molecule has 2 unspecified atom stereocenters. The fourth-order valence-corrected chi connectivity index (χ4v) is 4.40. The maximum Gasteiger partial charge on any atom is 0.214 e. The largest absolute Gasteiger partial charge is 0.616 e. The van der Waals surface area contributed by atoms with E-state index in [4.69, 9.17) is 18.6 Å². The number of hydrogen-bond donors (Lipinski definition) is 0. The van der Waals surface area contributed by atoms with Crippen molar-refractivity contribution >= 4 is 22.7 Å². The number of furan rings is 1. The van der Waals surface area contributed by atoms with Gasteiger partial charge >= 0.3 is 0 Å². The lowest BCUT2D eigenvalue weighted by atomic mass is 10.2. The highest BCUT2D eigenvalue weighted by atomic mass is 32.2. The van der Waals surface area contributed by atoms with Gasteiger partial charge in [0, 0.05) is 18.2 Å². The van der Waals surface area contributed by atoms with Crippen LogP contribution in [0.4, 0.5) is 11.6 Å². The Kier molecular flexibility index (Phi) is 5.85.